The van der Waals surface area contributed by atoms with Crippen LogP contribution in [0.2, 0.25) is 0 Å². The Bertz CT molecular complexity index is 884. The maximum atomic E-state index is 14.5. The van der Waals surface area contributed by atoms with Crippen molar-refractivity contribution in [1.82, 2.24) is 0 Å². The van der Waals surface area contributed by atoms with E-state index in [0.717, 1.165) is 43.4 Å². The molecule has 0 bridgehead atoms. The van der Waals surface area contributed by atoms with Gasteiger partial charge in [-0.3, -0.25) is 4.79 Å². The molecule has 0 spiro atoms. The molecular weight excluding hydrogens is 430 g/mol. The number of carbonyl (C=O) groups excluding carboxylic acids is 1. The monoisotopic (exact) mass is 470 g/mol. The van der Waals surface area contributed by atoms with Crippen molar-refractivity contribution in [3.8, 4) is 5.75 Å². The summed E-state index contributed by atoms with van der Waals surface area (Å²) in [5, 5.41) is 0. The lowest BCUT2D eigenvalue weighted by Crippen LogP contribution is -2.35. The smallest absolute Gasteiger partial charge is 0.314 e. The molecule has 0 aliphatic heterocycles. The molecule has 0 saturated heterocycles. The number of allylic oxidation sites excluding steroid dienone is 3. The Morgan fingerprint density at radius 3 is 2.29 bits per heavy atom. The number of benzene rings is 1. The van der Waals surface area contributed by atoms with E-state index in [4.69, 9.17) is 4.74 Å². The third-order valence-corrected chi connectivity index (χ3v) is 8.95. The van der Waals surface area contributed by atoms with Crippen LogP contribution in [0.15, 0.2) is 36.9 Å². The fraction of sp³-hybridized carbons (Fsp3) is 0.633. The largest absolute Gasteiger partial charge is 0.423 e. The molecule has 0 heterocycles. The number of halogens is 2. The molecule has 0 radical (unpaired) electrons. The fourth-order valence-electron chi connectivity index (χ4n) is 6.87. The van der Waals surface area contributed by atoms with E-state index in [2.05, 4.69) is 12.7 Å². The minimum Gasteiger partial charge on any atom is -0.423 e. The Morgan fingerprint density at radius 1 is 0.941 bits per heavy atom. The van der Waals surface area contributed by atoms with Crippen molar-refractivity contribution >= 4 is 5.97 Å². The summed E-state index contributed by atoms with van der Waals surface area (Å²) >= 11 is 0. The van der Waals surface area contributed by atoms with Crippen LogP contribution < -0.4 is 4.74 Å². The van der Waals surface area contributed by atoms with Crippen molar-refractivity contribution < 1.29 is 18.3 Å². The maximum Gasteiger partial charge on any atom is 0.314 e. The van der Waals surface area contributed by atoms with Crippen molar-refractivity contribution in [2.45, 2.75) is 84.0 Å². The topological polar surface area (TPSA) is 26.3 Å². The lowest BCUT2D eigenvalue weighted by Gasteiger charge is -2.45. The summed E-state index contributed by atoms with van der Waals surface area (Å²) < 4.78 is 34.3. The average Bonchev–Trinajstić information content (AvgIpc) is 2.87. The summed E-state index contributed by atoms with van der Waals surface area (Å²) in [7, 11) is 0. The number of fused-ring (bicyclic) bond motifs is 1. The second kappa shape index (κ2) is 11.6. The minimum absolute atomic E-state index is 0.215. The molecule has 186 valence electrons. The molecule has 4 heteroatoms. The van der Waals surface area contributed by atoms with Gasteiger partial charge < -0.3 is 4.74 Å². The maximum absolute atomic E-state index is 14.5. The molecule has 0 amide bonds. The third-order valence-electron chi connectivity index (χ3n) is 8.95. The van der Waals surface area contributed by atoms with Gasteiger partial charge in [0.2, 0.25) is 5.82 Å². The Labute approximate surface area is 203 Å². The van der Waals surface area contributed by atoms with Crippen LogP contribution in [0.4, 0.5) is 8.78 Å². The third kappa shape index (κ3) is 5.80. The predicted octanol–water partition coefficient (Wildman–Crippen LogP) is 8.20. The molecule has 4 unspecified atom stereocenters. The van der Waals surface area contributed by atoms with E-state index in [1.54, 1.807) is 0 Å². The van der Waals surface area contributed by atoms with Gasteiger partial charge in [-0.15, -0.1) is 6.58 Å². The summed E-state index contributed by atoms with van der Waals surface area (Å²) in [4.78, 5) is 12.7. The van der Waals surface area contributed by atoms with E-state index < -0.39 is 17.6 Å². The van der Waals surface area contributed by atoms with E-state index in [9.17, 15) is 13.6 Å². The standard InChI is InChI=1S/C30H40F2O2/c1-3-5-6-7-22-16-17-27(29(32)28(22)31)34-30(33)23-12-10-21(11-13-23)25-15-14-24-18-20(4-2)8-9-26(24)19-25/h3-5,16-17,20-21,23-26H,2,6-15,18-19H2,1H3/b5-3+. The second-order valence-corrected chi connectivity index (χ2v) is 10.9. The molecular formula is C30H40F2O2. The van der Waals surface area contributed by atoms with Crippen LogP contribution in [0.25, 0.3) is 0 Å². The van der Waals surface area contributed by atoms with E-state index in [1.807, 2.05) is 19.1 Å². The SMILES string of the molecule is C=CC1CCC2CC(C3CCC(C(=O)Oc4ccc(CC/C=C/C)c(F)c4F)CC3)CCC2C1. The van der Waals surface area contributed by atoms with Crippen molar-refractivity contribution in [3.63, 3.8) is 0 Å². The predicted molar refractivity (Wildman–Crippen MR) is 132 cm³/mol. The van der Waals surface area contributed by atoms with Gasteiger partial charge in [-0.2, -0.15) is 4.39 Å². The first-order valence-electron chi connectivity index (χ1n) is 13.4. The number of rotatable bonds is 7. The van der Waals surface area contributed by atoms with Gasteiger partial charge in [-0.05, 0) is 125 Å². The summed E-state index contributed by atoms with van der Waals surface area (Å²) in [6.07, 6.45) is 18.7. The summed E-state index contributed by atoms with van der Waals surface area (Å²) in [6, 6.07) is 2.92. The molecule has 0 N–H and O–H groups in total. The molecule has 3 aliphatic rings. The van der Waals surface area contributed by atoms with Gasteiger partial charge in [-0.25, -0.2) is 4.39 Å². The van der Waals surface area contributed by atoms with Gasteiger partial charge >= 0.3 is 5.97 Å². The van der Waals surface area contributed by atoms with Crippen LogP contribution in [-0.4, -0.2) is 5.97 Å². The number of hydrogen-bond acceptors (Lipinski definition) is 2. The highest BCUT2D eigenvalue weighted by molar-refractivity contribution is 5.75. The highest BCUT2D eigenvalue weighted by Crippen LogP contribution is 2.49. The van der Waals surface area contributed by atoms with Gasteiger partial charge in [0.25, 0.3) is 0 Å². The summed E-state index contributed by atoms with van der Waals surface area (Å²) in [5.74, 6) is 1.06. The Kier molecular flexibility index (Phi) is 8.60. The number of esters is 1. The van der Waals surface area contributed by atoms with Gasteiger partial charge in [-0.1, -0.05) is 24.3 Å². The van der Waals surface area contributed by atoms with Crippen molar-refractivity contribution in [2.75, 3.05) is 0 Å². The first-order valence-corrected chi connectivity index (χ1v) is 13.4. The molecule has 4 rings (SSSR count). The van der Waals surface area contributed by atoms with E-state index in [-0.39, 0.29) is 11.7 Å². The molecule has 4 atom stereocenters. The van der Waals surface area contributed by atoms with Crippen LogP contribution in [0, 0.1) is 47.1 Å². The Morgan fingerprint density at radius 2 is 1.59 bits per heavy atom. The lowest BCUT2D eigenvalue weighted by molar-refractivity contribution is -0.140. The van der Waals surface area contributed by atoms with E-state index >= 15 is 0 Å². The van der Waals surface area contributed by atoms with Gasteiger partial charge in [0.15, 0.2) is 11.6 Å². The molecule has 0 aromatic heterocycles. The van der Waals surface area contributed by atoms with Crippen LogP contribution in [0.1, 0.15) is 83.1 Å². The number of aryl methyl sites for hydroxylation is 1. The molecule has 3 fully saturated rings. The molecule has 1 aromatic carbocycles. The lowest BCUT2D eigenvalue weighted by atomic mass is 9.61. The Balaban J connectivity index is 1.26. The highest BCUT2D eigenvalue weighted by Gasteiger charge is 2.39. The second-order valence-electron chi connectivity index (χ2n) is 10.9. The zero-order chi connectivity index (χ0) is 24.1. The molecule has 34 heavy (non-hydrogen) atoms. The van der Waals surface area contributed by atoms with Crippen LogP contribution >= 0.6 is 0 Å². The first-order chi connectivity index (χ1) is 16.5. The van der Waals surface area contributed by atoms with Gasteiger partial charge in [0, 0.05) is 0 Å². The average molecular weight is 471 g/mol. The van der Waals surface area contributed by atoms with Crippen LogP contribution in [0.5, 0.6) is 5.75 Å². The quantitative estimate of drug-likeness (QED) is 0.228. The summed E-state index contributed by atoms with van der Waals surface area (Å²) in [5.41, 5.74) is 0.309. The number of hydrogen-bond donors (Lipinski definition) is 0. The summed E-state index contributed by atoms with van der Waals surface area (Å²) in [6.45, 7) is 5.90. The van der Waals surface area contributed by atoms with Crippen LogP contribution in [-0.2, 0) is 11.2 Å². The minimum atomic E-state index is -1.05. The first kappa shape index (κ1) is 25.1. The number of ether oxygens (including phenoxy) is 1. The van der Waals surface area contributed by atoms with E-state index in [1.165, 1.54) is 50.7 Å². The zero-order valence-corrected chi connectivity index (χ0v) is 20.6. The van der Waals surface area contributed by atoms with Crippen molar-refractivity contribution in [1.29, 1.82) is 0 Å². The van der Waals surface area contributed by atoms with Gasteiger partial charge in [0.1, 0.15) is 0 Å². The fourth-order valence-corrected chi connectivity index (χ4v) is 6.87. The van der Waals surface area contributed by atoms with Crippen molar-refractivity contribution in [2.24, 2.45) is 35.5 Å². The zero-order valence-electron chi connectivity index (χ0n) is 20.6. The van der Waals surface area contributed by atoms with Gasteiger partial charge in [0.05, 0.1) is 5.92 Å². The highest BCUT2D eigenvalue weighted by atomic mass is 19.2. The molecule has 3 aliphatic carbocycles. The number of carbonyl (C=O) groups is 1. The molecule has 2 nitrogen and oxygen atoms in total. The normalized spacial score (nSPS) is 31.7. The Hall–Kier alpha value is -1.97. The molecule has 1 aromatic rings. The van der Waals surface area contributed by atoms with E-state index in [0.29, 0.717) is 30.2 Å². The molecule has 3 saturated carbocycles. The van der Waals surface area contributed by atoms with Crippen molar-refractivity contribution in [3.05, 3.63) is 54.1 Å². The van der Waals surface area contributed by atoms with Crippen LogP contribution in [0.3, 0.4) is 0 Å².